The highest BCUT2D eigenvalue weighted by Crippen LogP contribution is 2.43. The van der Waals surface area contributed by atoms with E-state index in [1.165, 1.54) is 28.7 Å². The number of fused-ring (bicyclic) bond motifs is 2. The number of piperidine rings is 1. The highest BCUT2D eigenvalue weighted by molar-refractivity contribution is 7.16. The molecule has 1 spiro atoms. The summed E-state index contributed by atoms with van der Waals surface area (Å²) in [5, 5.41) is 2.15. The summed E-state index contributed by atoms with van der Waals surface area (Å²) in [6.45, 7) is 3.70. The summed E-state index contributed by atoms with van der Waals surface area (Å²) in [4.78, 5) is 28.7. The van der Waals surface area contributed by atoms with Crippen molar-refractivity contribution in [3.8, 4) is 0 Å². The second-order valence-corrected chi connectivity index (χ2v) is 8.45. The molecule has 0 radical (unpaired) electrons. The van der Waals surface area contributed by atoms with E-state index in [0.29, 0.717) is 22.8 Å². The summed E-state index contributed by atoms with van der Waals surface area (Å²) in [7, 11) is 0. The van der Waals surface area contributed by atoms with Crippen molar-refractivity contribution in [2.75, 3.05) is 19.7 Å². The molecule has 24 heavy (non-hydrogen) atoms. The van der Waals surface area contributed by atoms with Gasteiger partial charge in [0.2, 0.25) is 0 Å². The zero-order valence-electron chi connectivity index (χ0n) is 13.5. The number of rotatable bonds is 2. The molecule has 1 fully saturated rings. The molecule has 2 aliphatic rings. The SMILES string of the molecule is CC(=O)c1ccc(C(=O)N2CCC3(CC2)OCCc2sccc23)s1. The standard InChI is InChI=1S/C18H19NO3S2/c1-12(20)14-2-3-16(24-14)17(21)19-8-6-18(7-9-19)13-5-11-23-15(13)4-10-22-18/h2-3,5,11H,4,6-10H2,1H3. The van der Waals surface area contributed by atoms with Crippen LogP contribution in [0, 0.1) is 0 Å². The Bertz CT molecular complexity index is 784. The molecule has 4 nitrogen and oxygen atoms in total. The molecule has 0 aromatic carbocycles. The van der Waals surface area contributed by atoms with Crippen LogP contribution < -0.4 is 0 Å². The fourth-order valence-corrected chi connectivity index (χ4v) is 5.46. The highest BCUT2D eigenvalue weighted by atomic mass is 32.1. The number of hydrogen-bond donors (Lipinski definition) is 0. The molecular weight excluding hydrogens is 342 g/mol. The molecule has 1 amide bonds. The number of likely N-dealkylation sites (tertiary alicyclic amines) is 1. The van der Waals surface area contributed by atoms with E-state index in [4.69, 9.17) is 4.74 Å². The number of amides is 1. The van der Waals surface area contributed by atoms with Crippen molar-refractivity contribution in [2.24, 2.45) is 0 Å². The minimum atomic E-state index is -0.204. The lowest BCUT2D eigenvalue weighted by molar-refractivity contribution is -0.0926. The topological polar surface area (TPSA) is 46.6 Å². The van der Waals surface area contributed by atoms with Gasteiger partial charge in [-0.15, -0.1) is 22.7 Å². The number of hydrogen-bond acceptors (Lipinski definition) is 5. The molecule has 2 aliphatic heterocycles. The third-order valence-corrected chi connectivity index (χ3v) is 7.12. The highest BCUT2D eigenvalue weighted by Gasteiger charge is 2.42. The number of carbonyl (C=O) groups excluding carboxylic acids is 2. The summed E-state index contributed by atoms with van der Waals surface area (Å²) in [5.74, 6) is 0.0425. The Balaban J connectivity index is 1.48. The van der Waals surface area contributed by atoms with E-state index in [0.717, 1.165) is 25.9 Å². The van der Waals surface area contributed by atoms with Crippen molar-refractivity contribution < 1.29 is 14.3 Å². The van der Waals surface area contributed by atoms with Gasteiger partial charge >= 0.3 is 0 Å². The lowest BCUT2D eigenvalue weighted by Crippen LogP contribution is -2.47. The molecular formula is C18H19NO3S2. The van der Waals surface area contributed by atoms with Gasteiger partial charge in [0.25, 0.3) is 5.91 Å². The Morgan fingerprint density at radius 3 is 2.62 bits per heavy atom. The van der Waals surface area contributed by atoms with Gasteiger partial charge in [-0.25, -0.2) is 0 Å². The van der Waals surface area contributed by atoms with Crippen LogP contribution in [0.4, 0.5) is 0 Å². The van der Waals surface area contributed by atoms with Crippen LogP contribution in [0.25, 0.3) is 0 Å². The Hall–Kier alpha value is -1.50. The molecule has 126 valence electrons. The Morgan fingerprint density at radius 1 is 1.17 bits per heavy atom. The molecule has 0 atom stereocenters. The molecule has 4 heterocycles. The predicted octanol–water partition coefficient (Wildman–Crippen LogP) is 3.72. The summed E-state index contributed by atoms with van der Waals surface area (Å²) in [5.41, 5.74) is 1.13. The van der Waals surface area contributed by atoms with E-state index in [1.54, 1.807) is 12.1 Å². The molecule has 1 saturated heterocycles. The van der Waals surface area contributed by atoms with Crippen LogP contribution >= 0.6 is 22.7 Å². The number of ether oxygens (including phenoxy) is 1. The number of thiophene rings is 2. The number of carbonyl (C=O) groups is 2. The van der Waals surface area contributed by atoms with Crippen LogP contribution in [0.3, 0.4) is 0 Å². The number of Topliss-reactive ketones (excluding diaryl/α,β-unsaturated/α-hetero) is 1. The van der Waals surface area contributed by atoms with Gasteiger partial charge in [-0.3, -0.25) is 9.59 Å². The zero-order chi connectivity index (χ0) is 16.7. The smallest absolute Gasteiger partial charge is 0.263 e. The van der Waals surface area contributed by atoms with Crippen LogP contribution in [0.5, 0.6) is 0 Å². The second-order valence-electron chi connectivity index (χ2n) is 6.36. The summed E-state index contributed by atoms with van der Waals surface area (Å²) in [6, 6.07) is 5.70. The first-order valence-corrected chi connectivity index (χ1v) is 9.89. The first kappa shape index (κ1) is 16.0. The van der Waals surface area contributed by atoms with Crippen molar-refractivity contribution >= 4 is 34.4 Å². The van der Waals surface area contributed by atoms with E-state index in [-0.39, 0.29) is 17.3 Å². The number of ketones is 1. The van der Waals surface area contributed by atoms with Crippen LogP contribution in [-0.4, -0.2) is 36.3 Å². The van der Waals surface area contributed by atoms with Crippen molar-refractivity contribution in [3.63, 3.8) is 0 Å². The van der Waals surface area contributed by atoms with Gasteiger partial charge < -0.3 is 9.64 Å². The zero-order valence-corrected chi connectivity index (χ0v) is 15.2. The molecule has 0 N–H and O–H groups in total. The first-order chi connectivity index (χ1) is 11.6. The van der Waals surface area contributed by atoms with Crippen molar-refractivity contribution in [2.45, 2.75) is 31.8 Å². The van der Waals surface area contributed by atoms with Crippen molar-refractivity contribution in [1.29, 1.82) is 0 Å². The van der Waals surface area contributed by atoms with Crippen LogP contribution in [0.15, 0.2) is 23.6 Å². The van der Waals surface area contributed by atoms with Gasteiger partial charge in [0.1, 0.15) is 0 Å². The van der Waals surface area contributed by atoms with Crippen LogP contribution in [-0.2, 0) is 16.8 Å². The monoisotopic (exact) mass is 361 g/mol. The van der Waals surface area contributed by atoms with Gasteiger partial charge in [0.15, 0.2) is 5.78 Å². The minimum Gasteiger partial charge on any atom is -0.370 e. The Labute approximate surface area is 149 Å². The Kier molecular flexibility index (Phi) is 4.06. The molecule has 6 heteroatoms. The van der Waals surface area contributed by atoms with E-state index >= 15 is 0 Å². The third-order valence-electron chi connectivity index (χ3n) is 4.97. The summed E-state index contributed by atoms with van der Waals surface area (Å²) in [6.07, 6.45) is 2.68. The molecule has 0 aliphatic carbocycles. The van der Waals surface area contributed by atoms with E-state index in [1.807, 2.05) is 16.2 Å². The Morgan fingerprint density at radius 2 is 1.92 bits per heavy atom. The average molecular weight is 361 g/mol. The maximum atomic E-state index is 12.7. The van der Waals surface area contributed by atoms with Gasteiger partial charge in [-0.2, -0.15) is 0 Å². The quantitative estimate of drug-likeness (QED) is 0.766. The van der Waals surface area contributed by atoms with Gasteiger partial charge in [0.05, 0.1) is 22.0 Å². The maximum absolute atomic E-state index is 12.7. The molecule has 4 rings (SSSR count). The molecule has 0 saturated carbocycles. The van der Waals surface area contributed by atoms with Gasteiger partial charge in [0, 0.05) is 24.4 Å². The van der Waals surface area contributed by atoms with E-state index in [2.05, 4.69) is 11.4 Å². The molecule has 2 aromatic heterocycles. The second kappa shape index (κ2) is 6.10. The van der Waals surface area contributed by atoms with Crippen molar-refractivity contribution in [3.05, 3.63) is 43.8 Å². The van der Waals surface area contributed by atoms with Crippen molar-refractivity contribution in [1.82, 2.24) is 4.90 Å². The predicted molar refractivity (Wildman–Crippen MR) is 95.1 cm³/mol. The van der Waals surface area contributed by atoms with Crippen LogP contribution in [0.2, 0.25) is 0 Å². The third kappa shape index (κ3) is 2.62. The first-order valence-electron chi connectivity index (χ1n) is 8.20. The average Bonchev–Trinajstić information content (AvgIpc) is 3.25. The fourth-order valence-electron chi connectivity index (χ4n) is 3.64. The van der Waals surface area contributed by atoms with E-state index < -0.39 is 0 Å². The lowest BCUT2D eigenvalue weighted by Gasteiger charge is -2.44. The molecule has 0 unspecified atom stereocenters. The fraction of sp³-hybridized carbons (Fsp3) is 0.444. The van der Waals surface area contributed by atoms with Gasteiger partial charge in [-0.1, -0.05) is 0 Å². The van der Waals surface area contributed by atoms with Crippen LogP contribution in [0.1, 0.15) is 49.5 Å². The summed E-state index contributed by atoms with van der Waals surface area (Å²) >= 11 is 3.10. The summed E-state index contributed by atoms with van der Waals surface area (Å²) < 4.78 is 6.19. The van der Waals surface area contributed by atoms with E-state index in [9.17, 15) is 9.59 Å². The minimum absolute atomic E-state index is 0.0113. The largest absolute Gasteiger partial charge is 0.370 e. The lowest BCUT2D eigenvalue weighted by atomic mass is 9.82. The normalized spacial score (nSPS) is 19.3. The number of nitrogens with zero attached hydrogens (tertiary/aromatic N) is 1. The molecule has 0 bridgehead atoms. The molecule has 2 aromatic rings. The van der Waals surface area contributed by atoms with Gasteiger partial charge in [-0.05, 0) is 48.9 Å². The maximum Gasteiger partial charge on any atom is 0.263 e.